The molecule has 1 aromatic rings. The monoisotopic (exact) mass is 910 g/mol. The van der Waals surface area contributed by atoms with Crippen molar-refractivity contribution >= 4 is 69.8 Å². The maximum atomic E-state index is 10.7. The zero-order chi connectivity index (χ0) is 43.9. The van der Waals surface area contributed by atoms with Gasteiger partial charge in [-0.05, 0) is 66.8 Å². The van der Waals surface area contributed by atoms with Gasteiger partial charge in [-0.2, -0.15) is 86.4 Å². The average Bonchev–Trinajstić information content (AvgIpc) is 3.77. The zero-order valence-electron chi connectivity index (χ0n) is 26.1. The molecule has 5 N–H and O–H groups in total. The molecule has 1 unspecified atom stereocenters. The Balaban J connectivity index is 0.000000408. The lowest BCUT2D eigenvalue weighted by Crippen LogP contribution is -2.21. The Bertz CT molecular complexity index is 2300. The average molecular weight is 911 g/mol. The van der Waals surface area contributed by atoms with E-state index in [1.165, 1.54) is 0 Å². The number of alkyl halides is 12. The van der Waals surface area contributed by atoms with Crippen molar-refractivity contribution in [2.45, 2.75) is 28.1 Å². The van der Waals surface area contributed by atoms with Crippen molar-refractivity contribution in [2.24, 2.45) is 15.0 Å². The summed E-state index contributed by atoms with van der Waals surface area (Å²) < 4.78 is 230. The van der Waals surface area contributed by atoms with E-state index < -0.39 is 62.5 Å². The third-order valence-corrected chi connectivity index (χ3v) is 7.61. The summed E-state index contributed by atoms with van der Waals surface area (Å²) in [4.78, 5) is 17.3. The molecule has 4 aliphatic heterocycles. The van der Waals surface area contributed by atoms with E-state index in [9.17, 15) is 52.7 Å². The molecule has 0 saturated heterocycles. The van der Waals surface area contributed by atoms with Crippen LogP contribution in [-0.2, 0) is 40.5 Å². The van der Waals surface area contributed by atoms with Crippen molar-refractivity contribution in [3.8, 4) is 0 Å². The molecule has 8 bridgehead atoms. The van der Waals surface area contributed by atoms with E-state index in [2.05, 4.69) is 32.1 Å². The summed E-state index contributed by atoms with van der Waals surface area (Å²) in [5.41, 5.74) is -17.5. The van der Waals surface area contributed by atoms with Gasteiger partial charge in [0.2, 0.25) is 0 Å². The van der Waals surface area contributed by atoms with Crippen LogP contribution in [-0.4, -0.2) is 102 Å². The topological polar surface area (TPSA) is 270 Å². The number of rotatable bonds is 0. The van der Waals surface area contributed by atoms with Crippen LogP contribution in [0.25, 0.3) is 12.2 Å². The smallest absolute Gasteiger partial charge is 0.355 e. The highest BCUT2D eigenvalue weighted by Crippen LogP contribution is 2.23. The van der Waals surface area contributed by atoms with Gasteiger partial charge in [-0.1, -0.05) is 6.08 Å². The third-order valence-electron chi connectivity index (χ3n) is 5.27. The maximum Gasteiger partial charge on any atom is 0.522 e. The van der Waals surface area contributed by atoms with Gasteiger partial charge in [0.15, 0.2) is 0 Å². The number of nitrogens with one attached hydrogen (secondary N) is 1. The number of aromatic amines is 1. The Morgan fingerprint density at radius 3 is 1.14 bits per heavy atom. The van der Waals surface area contributed by atoms with Crippen molar-refractivity contribution < 1.29 is 105 Å². The second-order valence-electron chi connectivity index (χ2n) is 9.65. The third kappa shape index (κ3) is 16.7. The molecule has 0 saturated carbocycles. The number of fused-ring (bicyclic) bond motifs is 5. The van der Waals surface area contributed by atoms with Crippen LogP contribution in [0.3, 0.4) is 0 Å². The number of aliphatic imine (C=N–C) groups is 3. The molecular formula is C24H18F12N4O12S4. The van der Waals surface area contributed by atoms with E-state index in [0.29, 0.717) is 0 Å². The summed E-state index contributed by atoms with van der Waals surface area (Å²) in [5, 5.41) is 2.05. The van der Waals surface area contributed by atoms with Crippen LogP contribution in [0.4, 0.5) is 52.7 Å². The van der Waals surface area contributed by atoms with Crippen LogP contribution in [0.15, 0.2) is 87.1 Å². The lowest BCUT2D eigenvalue weighted by atomic mass is 10.2. The largest absolute Gasteiger partial charge is 0.522 e. The van der Waals surface area contributed by atoms with Crippen molar-refractivity contribution in [1.29, 1.82) is 0 Å². The molecule has 5 heterocycles. The molecule has 0 aromatic carbocycles. The van der Waals surface area contributed by atoms with Gasteiger partial charge in [0.05, 0.1) is 34.6 Å². The summed E-state index contributed by atoms with van der Waals surface area (Å²) >= 11 is 0. The first-order valence-electron chi connectivity index (χ1n) is 13.1. The first kappa shape index (κ1) is 49.5. The summed E-state index contributed by atoms with van der Waals surface area (Å²) in [7, 11) is -23.4. The minimum atomic E-state index is -5.84. The molecule has 4 aliphatic rings. The zero-order valence-corrected chi connectivity index (χ0v) is 29.3. The Hall–Kier alpha value is -4.47. The number of aromatic nitrogens is 1. The molecule has 0 amide bonds. The standard InChI is InChI=1S/C20H14N4.4CHF3O3S/c1-2-14-10-16-5-6-18(23-16)12-20-8-7-19(24-20)11-17-4-3-15(22-17)9-13(1)21-14;4*2-1(3,4)8(5,6)7/h1-13,24H;4*(H,5,6,7). The summed E-state index contributed by atoms with van der Waals surface area (Å²) in [6.07, 6.45) is 20.3. The summed E-state index contributed by atoms with van der Waals surface area (Å²) in [6.45, 7) is 0. The van der Waals surface area contributed by atoms with Gasteiger partial charge in [0.1, 0.15) is 0 Å². The van der Waals surface area contributed by atoms with Crippen molar-refractivity contribution in [2.75, 3.05) is 0 Å². The van der Waals surface area contributed by atoms with E-state index in [0.717, 1.165) is 39.2 Å². The molecule has 5 rings (SSSR count). The number of nitrogens with zero attached hydrogens (tertiary/aromatic N) is 3. The number of halogens is 12. The fourth-order valence-corrected chi connectivity index (χ4v) is 3.00. The quantitative estimate of drug-likeness (QED) is 0.143. The molecular weight excluding hydrogens is 893 g/mol. The Morgan fingerprint density at radius 2 is 0.804 bits per heavy atom. The minimum absolute atomic E-state index is 0.0324. The van der Waals surface area contributed by atoms with Gasteiger partial charge >= 0.3 is 62.5 Å². The van der Waals surface area contributed by atoms with E-state index in [-0.39, 0.29) is 6.04 Å². The number of H-pyrrole nitrogens is 1. The van der Waals surface area contributed by atoms with Crippen LogP contribution in [0.5, 0.6) is 0 Å². The maximum absolute atomic E-state index is 10.7. The number of hydrogen-bond acceptors (Lipinski definition) is 11. The van der Waals surface area contributed by atoms with Crippen LogP contribution in [0, 0.1) is 0 Å². The van der Waals surface area contributed by atoms with E-state index in [1.807, 2.05) is 60.7 Å². The highest BCUT2D eigenvalue weighted by atomic mass is 32.2. The number of hydrogen-bond donors (Lipinski definition) is 5. The molecule has 32 heteroatoms. The van der Waals surface area contributed by atoms with Crippen molar-refractivity contribution in [3.63, 3.8) is 0 Å². The van der Waals surface area contributed by atoms with E-state index in [1.54, 1.807) is 0 Å². The summed E-state index contributed by atoms with van der Waals surface area (Å²) in [5.74, 6) is 0. The molecule has 0 radical (unpaired) electrons. The molecule has 1 aromatic heterocycles. The highest BCUT2D eigenvalue weighted by Gasteiger charge is 2.46. The Labute approximate surface area is 304 Å². The van der Waals surface area contributed by atoms with Crippen molar-refractivity contribution in [1.82, 2.24) is 4.98 Å². The minimum Gasteiger partial charge on any atom is -0.355 e. The molecule has 314 valence electrons. The predicted octanol–water partition coefficient (Wildman–Crippen LogP) is 3.33. The lowest BCUT2D eigenvalue weighted by molar-refractivity contribution is -0.0514. The van der Waals surface area contributed by atoms with Crippen LogP contribution >= 0.6 is 0 Å². The normalized spacial score (nSPS) is 17.9. The van der Waals surface area contributed by atoms with Crippen molar-refractivity contribution in [3.05, 3.63) is 82.8 Å². The summed E-state index contributed by atoms with van der Waals surface area (Å²) in [6, 6.07) is 4.13. The predicted molar refractivity (Wildman–Crippen MR) is 169 cm³/mol. The van der Waals surface area contributed by atoms with Gasteiger partial charge < -0.3 is 4.98 Å². The first-order chi connectivity index (χ1) is 24.8. The van der Waals surface area contributed by atoms with Gasteiger partial charge in [0, 0.05) is 10.7 Å². The molecule has 1 atom stereocenters. The molecule has 0 spiro atoms. The SMILES string of the molecule is C1=CC2=NC1=CC1=NC(C=C1)C=C1C=CC(=N1)C=c1ccc([nH]1)=C2.O=S(=O)(O)C(F)(F)F.O=S(=O)(O)C(F)(F)F.O=S(=O)(O)C(F)(F)F.O=S(=O)(O)C(F)(F)F. The van der Waals surface area contributed by atoms with Crippen LogP contribution in [0.2, 0.25) is 0 Å². The molecule has 0 aliphatic carbocycles. The lowest BCUT2D eigenvalue weighted by Gasteiger charge is -1.97. The fourth-order valence-electron chi connectivity index (χ4n) is 3.00. The molecule has 16 nitrogen and oxygen atoms in total. The number of allylic oxidation sites excluding steroid dienone is 6. The van der Waals surface area contributed by atoms with Gasteiger partial charge in [0.25, 0.3) is 0 Å². The molecule has 56 heavy (non-hydrogen) atoms. The van der Waals surface area contributed by atoms with Gasteiger partial charge in [-0.15, -0.1) is 0 Å². The second kappa shape index (κ2) is 17.8. The Kier molecular flexibility index (Phi) is 15.7. The highest BCUT2D eigenvalue weighted by molar-refractivity contribution is 7.87. The second-order valence-corrected chi connectivity index (χ2v) is 15.3. The van der Waals surface area contributed by atoms with Gasteiger partial charge in [-0.25, -0.2) is 9.98 Å². The fraction of sp³-hybridized carbons (Fsp3) is 0.208. The van der Waals surface area contributed by atoms with E-state index in [4.69, 9.17) is 51.9 Å². The Morgan fingerprint density at radius 1 is 0.482 bits per heavy atom. The van der Waals surface area contributed by atoms with E-state index >= 15 is 0 Å². The van der Waals surface area contributed by atoms with Gasteiger partial charge in [-0.3, -0.25) is 23.2 Å². The first-order valence-corrected chi connectivity index (χ1v) is 18.8. The van der Waals surface area contributed by atoms with Crippen LogP contribution in [0.1, 0.15) is 0 Å². The molecule has 0 fully saturated rings. The van der Waals surface area contributed by atoms with Crippen LogP contribution < -0.4 is 10.7 Å².